The van der Waals surface area contributed by atoms with Gasteiger partial charge in [0.2, 0.25) is 0 Å². The first kappa shape index (κ1) is 22.6. The van der Waals surface area contributed by atoms with Crippen molar-refractivity contribution in [2.75, 3.05) is 27.2 Å². The number of carbonyl (C=O) groups is 2. The molecule has 1 aliphatic rings. The van der Waals surface area contributed by atoms with E-state index in [9.17, 15) is 14.7 Å². The molecule has 1 fully saturated rings. The van der Waals surface area contributed by atoms with Crippen molar-refractivity contribution in [3.05, 3.63) is 71.3 Å². The third-order valence-corrected chi connectivity index (χ3v) is 5.23. The van der Waals surface area contributed by atoms with Crippen LogP contribution in [0.15, 0.2) is 60.2 Å². The highest BCUT2D eigenvalue weighted by Crippen LogP contribution is 2.39. The third-order valence-electron chi connectivity index (χ3n) is 5.23. The first-order chi connectivity index (χ1) is 14.8. The number of aliphatic hydroxyl groups is 1. The van der Waals surface area contributed by atoms with Gasteiger partial charge in [0.25, 0.3) is 11.7 Å². The Bertz CT molecular complexity index is 949. The van der Waals surface area contributed by atoms with Crippen molar-refractivity contribution in [1.29, 1.82) is 0 Å². The summed E-state index contributed by atoms with van der Waals surface area (Å²) in [6, 6.07) is 15.6. The van der Waals surface area contributed by atoms with Crippen LogP contribution in [0.25, 0.3) is 5.76 Å². The molecule has 1 saturated heterocycles. The fourth-order valence-electron chi connectivity index (χ4n) is 3.81. The monoisotopic (exact) mass is 423 g/mol. The number of hydrogen-bond acceptors (Lipinski definition) is 4. The van der Waals surface area contributed by atoms with Crippen molar-refractivity contribution in [3.8, 4) is 5.75 Å². The van der Waals surface area contributed by atoms with E-state index in [0.29, 0.717) is 12.1 Å². The molecule has 0 aromatic heterocycles. The Hall–Kier alpha value is -3.12. The van der Waals surface area contributed by atoms with Crippen LogP contribution < -0.4 is 9.64 Å². The summed E-state index contributed by atoms with van der Waals surface area (Å²) in [7, 11) is 4.10. The molecule has 0 unspecified atom stereocenters. The molecule has 1 heterocycles. The number of likely N-dealkylation sites (tertiary alicyclic amines) is 1. The van der Waals surface area contributed by atoms with Crippen LogP contribution in [0.1, 0.15) is 37.4 Å². The Kier molecular flexibility index (Phi) is 7.13. The second kappa shape index (κ2) is 9.79. The normalized spacial score (nSPS) is 18.3. The summed E-state index contributed by atoms with van der Waals surface area (Å²) in [6.45, 7) is 5.22. The zero-order valence-corrected chi connectivity index (χ0v) is 18.6. The first-order valence-electron chi connectivity index (χ1n) is 10.7. The number of rotatable bonds is 8. The van der Waals surface area contributed by atoms with Crippen LogP contribution in [-0.2, 0) is 9.59 Å². The van der Waals surface area contributed by atoms with Crippen LogP contribution >= 0.6 is 0 Å². The van der Waals surface area contributed by atoms with Crippen LogP contribution in [0, 0.1) is 0 Å². The second-order valence-corrected chi connectivity index (χ2v) is 8.40. The number of hydrogen-bond donors (Lipinski definition) is 2. The van der Waals surface area contributed by atoms with E-state index in [-0.39, 0.29) is 17.4 Å². The lowest BCUT2D eigenvalue weighted by molar-refractivity contribution is -0.858. The number of nitrogens with zero attached hydrogens (tertiary/aromatic N) is 1. The first-order valence-corrected chi connectivity index (χ1v) is 10.7. The fraction of sp³-hybridized carbons (Fsp3) is 0.360. The van der Waals surface area contributed by atoms with Crippen LogP contribution in [0.5, 0.6) is 5.75 Å². The number of Topliss-reactive ketones (excluding diaryl/α,β-unsaturated/α-hetero) is 1. The van der Waals surface area contributed by atoms with Gasteiger partial charge in [0.15, 0.2) is 0 Å². The molecule has 1 atom stereocenters. The van der Waals surface area contributed by atoms with Crippen molar-refractivity contribution in [3.63, 3.8) is 0 Å². The van der Waals surface area contributed by atoms with Crippen LogP contribution in [0.2, 0.25) is 0 Å². The van der Waals surface area contributed by atoms with Gasteiger partial charge in [-0.25, -0.2) is 0 Å². The minimum atomic E-state index is -0.647. The maximum atomic E-state index is 13.0. The zero-order valence-electron chi connectivity index (χ0n) is 18.6. The number of carbonyl (C=O) groups excluding carboxylic acids is 2. The van der Waals surface area contributed by atoms with Gasteiger partial charge in [0, 0.05) is 18.5 Å². The minimum absolute atomic E-state index is 0.0445. The predicted molar refractivity (Wildman–Crippen MR) is 120 cm³/mol. The molecule has 1 aliphatic heterocycles. The lowest BCUT2D eigenvalue weighted by Gasteiger charge is -2.25. The molecule has 31 heavy (non-hydrogen) atoms. The Labute approximate surface area is 183 Å². The van der Waals surface area contributed by atoms with E-state index >= 15 is 0 Å². The van der Waals surface area contributed by atoms with Gasteiger partial charge in [-0.05, 0) is 31.5 Å². The van der Waals surface area contributed by atoms with Crippen LogP contribution in [0.4, 0.5) is 0 Å². The van der Waals surface area contributed by atoms with Gasteiger partial charge in [-0.1, -0.05) is 42.5 Å². The highest BCUT2D eigenvalue weighted by molar-refractivity contribution is 6.46. The number of quaternary nitrogens is 1. The molecule has 2 aromatic rings. The molecule has 6 nitrogen and oxygen atoms in total. The molecule has 2 N–H and O–H groups in total. The molecule has 6 heteroatoms. The number of amides is 1. The lowest BCUT2D eigenvalue weighted by atomic mass is 9.95. The number of aliphatic hydroxyl groups excluding tert-OH is 1. The molecule has 0 spiro atoms. The second-order valence-electron chi connectivity index (χ2n) is 8.40. The average molecular weight is 424 g/mol. The summed E-state index contributed by atoms with van der Waals surface area (Å²) < 4.78 is 5.72. The molecule has 164 valence electrons. The van der Waals surface area contributed by atoms with Gasteiger partial charge in [-0.3, -0.25) is 9.59 Å². The van der Waals surface area contributed by atoms with Gasteiger partial charge in [-0.15, -0.1) is 0 Å². The average Bonchev–Trinajstić information content (AvgIpc) is 2.99. The molecule has 0 bridgehead atoms. The van der Waals surface area contributed by atoms with Gasteiger partial charge in [0.05, 0.1) is 38.4 Å². The number of ether oxygens (including phenoxy) is 1. The lowest BCUT2D eigenvalue weighted by Crippen LogP contribution is -3.05. The number of nitrogens with one attached hydrogen (secondary N) is 1. The van der Waals surface area contributed by atoms with Gasteiger partial charge in [0.1, 0.15) is 11.5 Å². The SMILES string of the molecule is CC(C)Oc1ccc([C@H]2/C(=C(\O)c3ccccc3)C(=O)C(=O)N2CCC[NH+](C)C)cc1. The van der Waals surface area contributed by atoms with Crippen LogP contribution in [-0.4, -0.2) is 55.0 Å². The molecule has 0 aliphatic carbocycles. The van der Waals surface area contributed by atoms with Crippen molar-refractivity contribution in [2.45, 2.75) is 32.4 Å². The molecule has 0 saturated carbocycles. The number of ketones is 1. The van der Waals surface area contributed by atoms with E-state index in [1.807, 2.05) is 44.2 Å². The van der Waals surface area contributed by atoms with E-state index in [0.717, 1.165) is 24.3 Å². The standard InChI is InChI=1S/C25H30N2O4/c1-17(2)31-20-13-11-18(12-14-20)22-21(23(28)19-9-6-5-7-10-19)24(29)25(30)27(22)16-8-15-26(3)4/h5-7,9-14,17,22,28H,8,15-16H2,1-4H3/p+1/b23-21+/t22-/m0/s1. The zero-order chi connectivity index (χ0) is 22.5. The maximum Gasteiger partial charge on any atom is 0.295 e. The minimum Gasteiger partial charge on any atom is -0.507 e. The maximum absolute atomic E-state index is 13.0. The smallest absolute Gasteiger partial charge is 0.295 e. The summed E-state index contributed by atoms with van der Waals surface area (Å²) in [5.41, 5.74) is 1.42. The summed E-state index contributed by atoms with van der Waals surface area (Å²) in [4.78, 5) is 28.8. The highest BCUT2D eigenvalue weighted by atomic mass is 16.5. The molecular formula is C25H31N2O4+. The summed E-state index contributed by atoms with van der Waals surface area (Å²) >= 11 is 0. The Morgan fingerprint density at radius 2 is 1.71 bits per heavy atom. The van der Waals surface area contributed by atoms with Crippen molar-refractivity contribution < 1.29 is 24.3 Å². The summed E-state index contributed by atoms with van der Waals surface area (Å²) in [5, 5.41) is 11.0. The van der Waals surface area contributed by atoms with E-state index in [4.69, 9.17) is 4.74 Å². The Morgan fingerprint density at radius 1 is 1.06 bits per heavy atom. The summed E-state index contributed by atoms with van der Waals surface area (Å²) in [5.74, 6) is -0.646. The topological polar surface area (TPSA) is 71.3 Å². The van der Waals surface area contributed by atoms with E-state index < -0.39 is 17.7 Å². The van der Waals surface area contributed by atoms with Gasteiger partial charge < -0.3 is 19.6 Å². The Morgan fingerprint density at radius 3 is 2.29 bits per heavy atom. The highest BCUT2D eigenvalue weighted by Gasteiger charge is 2.45. The van der Waals surface area contributed by atoms with E-state index in [2.05, 4.69) is 14.1 Å². The van der Waals surface area contributed by atoms with Gasteiger partial charge in [-0.2, -0.15) is 0 Å². The molecule has 2 aromatic carbocycles. The van der Waals surface area contributed by atoms with Gasteiger partial charge >= 0.3 is 0 Å². The van der Waals surface area contributed by atoms with Crippen molar-refractivity contribution in [2.24, 2.45) is 0 Å². The molecule has 1 amide bonds. The molecule has 3 rings (SSSR count). The van der Waals surface area contributed by atoms with Crippen molar-refractivity contribution >= 4 is 17.4 Å². The van der Waals surface area contributed by atoms with E-state index in [1.165, 1.54) is 4.90 Å². The van der Waals surface area contributed by atoms with Crippen LogP contribution in [0.3, 0.4) is 0 Å². The fourth-order valence-corrected chi connectivity index (χ4v) is 3.81. The largest absolute Gasteiger partial charge is 0.507 e. The van der Waals surface area contributed by atoms with Crippen molar-refractivity contribution in [1.82, 2.24) is 4.90 Å². The quantitative estimate of drug-likeness (QED) is 0.389. The predicted octanol–water partition coefficient (Wildman–Crippen LogP) is 2.43. The third kappa shape index (κ3) is 5.14. The Balaban J connectivity index is 2.04. The molecular weight excluding hydrogens is 392 g/mol. The van der Waals surface area contributed by atoms with E-state index in [1.54, 1.807) is 29.2 Å². The number of benzene rings is 2. The summed E-state index contributed by atoms with van der Waals surface area (Å²) in [6.07, 6.45) is 0.800. The molecule has 0 radical (unpaired) electrons.